The van der Waals surface area contributed by atoms with E-state index in [-0.39, 0.29) is 19.4 Å². The minimum atomic E-state index is -0.776. The molecule has 186 valence electrons. The summed E-state index contributed by atoms with van der Waals surface area (Å²) in [5.74, 6) is 0.171. The Hall–Kier alpha value is -3.82. The van der Waals surface area contributed by atoms with Crippen LogP contribution in [0.5, 0.6) is 34.5 Å². The number of fused-ring (bicyclic) bond motifs is 3. The zero-order chi connectivity index (χ0) is 24.9. The number of carbonyl (C=O) groups is 2. The second-order valence-electron chi connectivity index (χ2n) is 8.43. The van der Waals surface area contributed by atoms with E-state index in [0.717, 1.165) is 5.56 Å². The van der Waals surface area contributed by atoms with E-state index in [4.69, 9.17) is 37.9 Å². The number of hydrogen-bond donors (Lipinski definition) is 0. The van der Waals surface area contributed by atoms with Gasteiger partial charge in [0.2, 0.25) is 18.3 Å². The summed E-state index contributed by atoms with van der Waals surface area (Å²) in [6, 6.07) is 5.43. The number of ether oxygens (including phenoxy) is 8. The SMILES string of the molecule is COc1cc([C@@H]2c3cc4c(c(OC)c3[C@@H](OC(C)=O)[C@H]3COC(=O)[C@@H]23)OCO4)cc(OC)c1OC. The van der Waals surface area contributed by atoms with Crippen molar-refractivity contribution in [2.45, 2.75) is 18.9 Å². The Morgan fingerprint density at radius 1 is 0.914 bits per heavy atom. The molecule has 2 heterocycles. The first kappa shape index (κ1) is 22.9. The normalized spacial score (nSPS) is 23.6. The standard InChI is InChI=1S/C25H26O10/c1-11(26)35-21-14-9-32-25(27)19(14)18(12-6-15(28-2)22(30-4)16(7-12)29-3)13-8-17-23(34-10-33-17)24(31-5)20(13)21/h6-8,14,18-19,21H,9-10H2,1-5H3/t14-,18+,19+,21-/m0/s1. The summed E-state index contributed by atoms with van der Waals surface area (Å²) in [4.78, 5) is 25.2. The average molecular weight is 486 g/mol. The van der Waals surface area contributed by atoms with Crippen molar-refractivity contribution in [1.82, 2.24) is 0 Å². The van der Waals surface area contributed by atoms with Crippen LogP contribution in [0.1, 0.15) is 35.6 Å². The van der Waals surface area contributed by atoms with Gasteiger partial charge in [0.15, 0.2) is 23.0 Å². The first-order valence-electron chi connectivity index (χ1n) is 11.1. The molecule has 1 aliphatic carbocycles. The molecule has 0 N–H and O–H groups in total. The summed E-state index contributed by atoms with van der Waals surface area (Å²) >= 11 is 0. The Bertz CT molecular complexity index is 1160. The fraction of sp³-hybridized carbons (Fsp3) is 0.440. The van der Waals surface area contributed by atoms with Crippen molar-refractivity contribution in [3.63, 3.8) is 0 Å². The maximum Gasteiger partial charge on any atom is 0.310 e. The molecule has 10 nitrogen and oxygen atoms in total. The molecule has 0 radical (unpaired) electrons. The Labute approximate surface area is 201 Å². The summed E-state index contributed by atoms with van der Waals surface area (Å²) < 4.78 is 45.0. The fourth-order valence-electron chi connectivity index (χ4n) is 5.41. The van der Waals surface area contributed by atoms with Crippen LogP contribution in [0, 0.1) is 11.8 Å². The quantitative estimate of drug-likeness (QED) is 0.566. The highest BCUT2D eigenvalue weighted by molar-refractivity contribution is 5.80. The van der Waals surface area contributed by atoms with Gasteiger partial charge in [-0.3, -0.25) is 9.59 Å². The second kappa shape index (κ2) is 8.75. The molecule has 5 rings (SSSR count). The summed E-state index contributed by atoms with van der Waals surface area (Å²) in [5.41, 5.74) is 2.05. The molecule has 3 aliphatic rings. The van der Waals surface area contributed by atoms with E-state index >= 15 is 0 Å². The molecular formula is C25H26O10. The van der Waals surface area contributed by atoms with Crippen LogP contribution in [0.3, 0.4) is 0 Å². The molecular weight excluding hydrogens is 460 g/mol. The van der Waals surface area contributed by atoms with E-state index in [1.165, 1.54) is 35.4 Å². The lowest BCUT2D eigenvalue weighted by Crippen LogP contribution is -2.36. The van der Waals surface area contributed by atoms with Crippen molar-refractivity contribution in [2.24, 2.45) is 11.8 Å². The molecule has 0 unspecified atom stereocenters. The van der Waals surface area contributed by atoms with Crippen LogP contribution >= 0.6 is 0 Å². The predicted octanol–water partition coefficient (Wildman–Crippen LogP) is 2.99. The molecule has 10 heteroatoms. The number of cyclic esters (lactones) is 1. The highest BCUT2D eigenvalue weighted by Crippen LogP contribution is 2.60. The lowest BCUT2D eigenvalue weighted by molar-refractivity contribution is -0.152. The van der Waals surface area contributed by atoms with Gasteiger partial charge in [0.1, 0.15) is 6.10 Å². The van der Waals surface area contributed by atoms with Crippen molar-refractivity contribution in [2.75, 3.05) is 41.8 Å². The van der Waals surface area contributed by atoms with Crippen LogP contribution in [0.25, 0.3) is 0 Å². The lowest BCUT2D eigenvalue weighted by Gasteiger charge is -2.39. The molecule has 1 fully saturated rings. The molecule has 1 saturated heterocycles. The third-order valence-electron chi connectivity index (χ3n) is 6.75. The van der Waals surface area contributed by atoms with Gasteiger partial charge in [-0.2, -0.15) is 0 Å². The van der Waals surface area contributed by atoms with Crippen LogP contribution in [0.15, 0.2) is 18.2 Å². The minimum absolute atomic E-state index is 0.0244. The Morgan fingerprint density at radius 3 is 2.20 bits per heavy atom. The van der Waals surface area contributed by atoms with Crippen molar-refractivity contribution in [3.8, 4) is 34.5 Å². The molecule has 35 heavy (non-hydrogen) atoms. The smallest absolute Gasteiger partial charge is 0.310 e. The first-order chi connectivity index (χ1) is 16.9. The number of benzene rings is 2. The Morgan fingerprint density at radius 2 is 1.60 bits per heavy atom. The molecule has 0 spiro atoms. The number of esters is 2. The topological polar surface area (TPSA) is 108 Å². The highest BCUT2D eigenvalue weighted by atomic mass is 16.7. The van der Waals surface area contributed by atoms with Gasteiger partial charge >= 0.3 is 11.9 Å². The third kappa shape index (κ3) is 3.46. The monoisotopic (exact) mass is 486 g/mol. The number of carbonyl (C=O) groups excluding carboxylic acids is 2. The molecule has 0 saturated carbocycles. The Kier molecular flexibility index (Phi) is 5.74. The fourth-order valence-corrected chi connectivity index (χ4v) is 5.41. The van der Waals surface area contributed by atoms with E-state index in [1.54, 1.807) is 0 Å². The maximum atomic E-state index is 13.1. The first-order valence-corrected chi connectivity index (χ1v) is 11.1. The Balaban J connectivity index is 1.81. The minimum Gasteiger partial charge on any atom is -0.493 e. The average Bonchev–Trinajstić information content (AvgIpc) is 3.48. The molecule has 2 aliphatic heterocycles. The summed E-state index contributed by atoms with van der Waals surface area (Å²) in [6.07, 6.45) is -0.776. The van der Waals surface area contributed by atoms with Crippen LogP contribution in [0.4, 0.5) is 0 Å². The molecule has 0 aromatic heterocycles. The van der Waals surface area contributed by atoms with Gasteiger partial charge in [-0.05, 0) is 29.3 Å². The van der Waals surface area contributed by atoms with E-state index in [1.807, 2.05) is 18.2 Å². The van der Waals surface area contributed by atoms with Crippen LogP contribution < -0.4 is 28.4 Å². The molecule has 2 aromatic rings. The van der Waals surface area contributed by atoms with Gasteiger partial charge < -0.3 is 37.9 Å². The summed E-state index contributed by atoms with van der Waals surface area (Å²) in [7, 11) is 6.09. The van der Waals surface area contributed by atoms with E-state index in [0.29, 0.717) is 45.6 Å². The van der Waals surface area contributed by atoms with Gasteiger partial charge in [-0.25, -0.2) is 0 Å². The number of hydrogen-bond acceptors (Lipinski definition) is 10. The second-order valence-corrected chi connectivity index (χ2v) is 8.43. The van der Waals surface area contributed by atoms with Gasteiger partial charge in [0, 0.05) is 24.3 Å². The van der Waals surface area contributed by atoms with Crippen molar-refractivity contribution in [3.05, 3.63) is 34.9 Å². The van der Waals surface area contributed by atoms with Gasteiger partial charge in [-0.15, -0.1) is 0 Å². The van der Waals surface area contributed by atoms with Crippen molar-refractivity contribution >= 4 is 11.9 Å². The van der Waals surface area contributed by atoms with Gasteiger partial charge in [-0.1, -0.05) is 0 Å². The number of methoxy groups -OCH3 is 4. The maximum absolute atomic E-state index is 13.1. The van der Waals surface area contributed by atoms with E-state index in [9.17, 15) is 9.59 Å². The lowest BCUT2D eigenvalue weighted by atomic mass is 9.66. The summed E-state index contributed by atoms with van der Waals surface area (Å²) in [5, 5.41) is 0. The zero-order valence-corrected chi connectivity index (χ0v) is 20.0. The zero-order valence-electron chi connectivity index (χ0n) is 20.0. The molecule has 0 amide bonds. The van der Waals surface area contributed by atoms with E-state index in [2.05, 4.69) is 0 Å². The van der Waals surface area contributed by atoms with Crippen LogP contribution in [-0.2, 0) is 19.1 Å². The van der Waals surface area contributed by atoms with Crippen molar-refractivity contribution in [1.29, 1.82) is 0 Å². The molecule has 0 bridgehead atoms. The number of rotatable bonds is 6. The van der Waals surface area contributed by atoms with Gasteiger partial charge in [0.05, 0.1) is 41.0 Å². The predicted molar refractivity (Wildman–Crippen MR) is 120 cm³/mol. The van der Waals surface area contributed by atoms with Gasteiger partial charge in [0.25, 0.3) is 0 Å². The molecule has 4 atom stereocenters. The molecule has 2 aromatic carbocycles. The largest absolute Gasteiger partial charge is 0.493 e. The van der Waals surface area contributed by atoms with Crippen molar-refractivity contribution < 1.29 is 47.5 Å². The highest BCUT2D eigenvalue weighted by Gasteiger charge is 2.55. The third-order valence-corrected chi connectivity index (χ3v) is 6.75. The van der Waals surface area contributed by atoms with Crippen LogP contribution in [-0.4, -0.2) is 53.8 Å². The summed E-state index contributed by atoms with van der Waals surface area (Å²) in [6.45, 7) is 1.45. The van der Waals surface area contributed by atoms with Crippen LogP contribution in [0.2, 0.25) is 0 Å². The van der Waals surface area contributed by atoms with E-state index < -0.39 is 29.8 Å².